The molecule has 2 saturated carbocycles. The van der Waals surface area contributed by atoms with Crippen molar-refractivity contribution in [3.8, 4) is 0 Å². The summed E-state index contributed by atoms with van der Waals surface area (Å²) >= 11 is 0. The largest absolute Gasteiger partial charge is 0.483 e. The van der Waals surface area contributed by atoms with Crippen LogP contribution < -0.4 is 0 Å². The molecule has 4 rings (SSSR count). The summed E-state index contributed by atoms with van der Waals surface area (Å²) in [6, 6.07) is 0. The maximum absolute atomic E-state index is 12.2. The van der Waals surface area contributed by atoms with Crippen LogP contribution in [0.4, 0.5) is 0 Å². The molecule has 4 nitrogen and oxygen atoms in total. The standard InChI is InChI=1S/C20H26O4/c1-12-8-14(23-17(22)9-12)13-11-20(7-5-6-19(13,20)4)16-10-15(21)18(2,3)24-16/h9-10,13-14H,5-8,11H2,1-4H3/t13-,14+,19-,20+/m1/s1. The predicted molar refractivity (Wildman–Crippen MR) is 89.0 cm³/mol. The third kappa shape index (κ3) is 1.91. The average Bonchev–Trinajstić information content (AvgIpc) is 2.87. The van der Waals surface area contributed by atoms with E-state index in [4.69, 9.17) is 9.47 Å². The fourth-order valence-electron chi connectivity index (χ4n) is 5.58. The van der Waals surface area contributed by atoms with Crippen LogP contribution in [0.2, 0.25) is 0 Å². The highest BCUT2D eigenvalue weighted by atomic mass is 16.5. The minimum atomic E-state index is -0.741. The number of fused-ring (bicyclic) bond motifs is 1. The predicted octanol–water partition coefficient (Wildman–Crippen LogP) is 3.71. The number of carbonyl (C=O) groups is 2. The lowest BCUT2D eigenvalue weighted by Crippen LogP contribution is -2.59. The molecule has 4 aliphatic rings. The third-order valence-corrected chi connectivity index (χ3v) is 7.08. The molecule has 0 aromatic carbocycles. The fraction of sp³-hybridized carbons (Fsp3) is 0.700. The highest BCUT2D eigenvalue weighted by Gasteiger charge is 2.70. The second-order valence-corrected chi connectivity index (χ2v) is 8.82. The molecule has 4 heteroatoms. The van der Waals surface area contributed by atoms with Gasteiger partial charge in [-0.3, -0.25) is 4.79 Å². The summed E-state index contributed by atoms with van der Waals surface area (Å²) in [5.41, 5.74) is 0.350. The van der Waals surface area contributed by atoms with Crippen LogP contribution in [0.25, 0.3) is 0 Å². The van der Waals surface area contributed by atoms with Crippen LogP contribution in [-0.4, -0.2) is 23.5 Å². The van der Waals surface area contributed by atoms with E-state index in [0.717, 1.165) is 43.4 Å². The third-order valence-electron chi connectivity index (χ3n) is 7.08. The zero-order chi connectivity index (χ0) is 17.3. The van der Waals surface area contributed by atoms with Gasteiger partial charge in [-0.05, 0) is 45.4 Å². The van der Waals surface area contributed by atoms with Gasteiger partial charge in [0.25, 0.3) is 0 Å². The van der Waals surface area contributed by atoms with Crippen LogP contribution in [-0.2, 0) is 19.1 Å². The fourth-order valence-corrected chi connectivity index (χ4v) is 5.58. The lowest BCUT2D eigenvalue weighted by molar-refractivity contribution is -0.185. The van der Waals surface area contributed by atoms with Crippen molar-refractivity contribution in [2.24, 2.45) is 16.7 Å². The van der Waals surface area contributed by atoms with E-state index in [0.29, 0.717) is 5.92 Å². The molecule has 2 aliphatic heterocycles. The van der Waals surface area contributed by atoms with Crippen molar-refractivity contribution in [1.29, 1.82) is 0 Å². The molecule has 0 aromatic heterocycles. The lowest BCUT2D eigenvalue weighted by Gasteiger charge is -2.62. The van der Waals surface area contributed by atoms with Crippen molar-refractivity contribution in [3.63, 3.8) is 0 Å². The first-order valence-electron chi connectivity index (χ1n) is 9.01. The maximum Gasteiger partial charge on any atom is 0.330 e. The quantitative estimate of drug-likeness (QED) is 0.724. The number of ketones is 1. The topological polar surface area (TPSA) is 52.6 Å². The molecular weight excluding hydrogens is 304 g/mol. The Morgan fingerprint density at radius 1 is 1.12 bits per heavy atom. The van der Waals surface area contributed by atoms with Gasteiger partial charge in [0, 0.05) is 29.9 Å². The summed E-state index contributed by atoms with van der Waals surface area (Å²) in [4.78, 5) is 24.0. The number of hydrogen-bond acceptors (Lipinski definition) is 4. The van der Waals surface area contributed by atoms with E-state index in [9.17, 15) is 9.59 Å². The summed E-state index contributed by atoms with van der Waals surface area (Å²) in [6.45, 7) is 7.99. The summed E-state index contributed by atoms with van der Waals surface area (Å²) < 4.78 is 11.8. The summed E-state index contributed by atoms with van der Waals surface area (Å²) in [5, 5.41) is 0. The molecule has 0 amide bonds. The molecule has 0 unspecified atom stereocenters. The molecule has 2 aliphatic carbocycles. The van der Waals surface area contributed by atoms with Crippen molar-refractivity contribution < 1.29 is 19.1 Å². The van der Waals surface area contributed by atoms with E-state index in [2.05, 4.69) is 6.92 Å². The average molecular weight is 330 g/mol. The molecule has 0 spiro atoms. The Morgan fingerprint density at radius 3 is 2.50 bits per heavy atom. The molecule has 130 valence electrons. The Kier molecular flexibility index (Phi) is 3.14. The van der Waals surface area contributed by atoms with Gasteiger partial charge >= 0.3 is 5.97 Å². The Morgan fingerprint density at radius 2 is 1.88 bits per heavy atom. The molecule has 24 heavy (non-hydrogen) atoms. The van der Waals surface area contributed by atoms with Gasteiger partial charge in [-0.15, -0.1) is 0 Å². The highest BCUT2D eigenvalue weighted by Crippen LogP contribution is 2.74. The Labute approximate surface area is 143 Å². The van der Waals surface area contributed by atoms with Crippen molar-refractivity contribution in [2.75, 3.05) is 0 Å². The van der Waals surface area contributed by atoms with Crippen molar-refractivity contribution in [2.45, 2.75) is 71.5 Å². The molecule has 2 heterocycles. The number of hydrogen-bond donors (Lipinski definition) is 0. The first-order chi connectivity index (χ1) is 11.2. The molecule has 0 aromatic rings. The number of cyclic esters (lactones) is 1. The lowest BCUT2D eigenvalue weighted by atomic mass is 9.43. The van der Waals surface area contributed by atoms with Gasteiger partial charge in [0.2, 0.25) is 5.78 Å². The molecule has 2 fully saturated rings. The molecule has 0 N–H and O–H groups in total. The zero-order valence-corrected chi connectivity index (χ0v) is 15.0. The van der Waals surface area contributed by atoms with Crippen LogP contribution in [0.5, 0.6) is 0 Å². The summed E-state index contributed by atoms with van der Waals surface area (Å²) in [7, 11) is 0. The zero-order valence-electron chi connectivity index (χ0n) is 15.0. The van der Waals surface area contributed by atoms with E-state index in [-0.39, 0.29) is 28.7 Å². The monoisotopic (exact) mass is 330 g/mol. The van der Waals surface area contributed by atoms with Gasteiger partial charge in [0.1, 0.15) is 11.9 Å². The van der Waals surface area contributed by atoms with Gasteiger partial charge in [0.05, 0.1) is 0 Å². The number of ether oxygens (including phenoxy) is 2. The van der Waals surface area contributed by atoms with E-state index in [1.54, 1.807) is 12.2 Å². The second kappa shape index (κ2) is 4.74. The second-order valence-electron chi connectivity index (χ2n) is 8.82. The van der Waals surface area contributed by atoms with Gasteiger partial charge in [-0.1, -0.05) is 18.9 Å². The number of esters is 1. The highest BCUT2D eigenvalue weighted by molar-refractivity contribution is 5.99. The minimum Gasteiger partial charge on any atom is -0.483 e. The molecule has 0 saturated heterocycles. The molecular formula is C20H26O4. The van der Waals surface area contributed by atoms with Crippen LogP contribution in [0.1, 0.15) is 59.8 Å². The van der Waals surface area contributed by atoms with E-state index in [1.165, 1.54) is 0 Å². The van der Waals surface area contributed by atoms with Gasteiger partial charge in [-0.25, -0.2) is 4.79 Å². The SMILES string of the molecule is CC1=CC(=O)O[C@H]([C@H]2C[C@]3(C4=CC(=O)C(C)(C)O4)CCC[C@]23C)C1. The van der Waals surface area contributed by atoms with Crippen LogP contribution in [0, 0.1) is 16.7 Å². The normalized spacial score (nSPS) is 43.3. The molecule has 4 atom stereocenters. The first kappa shape index (κ1) is 15.9. The Bertz CT molecular complexity index is 686. The minimum absolute atomic E-state index is 0.0376. The van der Waals surface area contributed by atoms with Crippen LogP contribution in [0.3, 0.4) is 0 Å². The van der Waals surface area contributed by atoms with Crippen LogP contribution >= 0.6 is 0 Å². The van der Waals surface area contributed by atoms with Crippen molar-refractivity contribution >= 4 is 11.8 Å². The van der Waals surface area contributed by atoms with Gasteiger partial charge in [-0.2, -0.15) is 0 Å². The van der Waals surface area contributed by atoms with E-state index in [1.807, 2.05) is 20.8 Å². The van der Waals surface area contributed by atoms with Gasteiger partial charge < -0.3 is 9.47 Å². The Hall–Kier alpha value is -1.58. The molecule has 0 radical (unpaired) electrons. The van der Waals surface area contributed by atoms with Crippen LogP contribution in [0.15, 0.2) is 23.5 Å². The Balaban J connectivity index is 1.62. The van der Waals surface area contributed by atoms with E-state index < -0.39 is 5.60 Å². The number of carbonyl (C=O) groups excluding carboxylic acids is 2. The van der Waals surface area contributed by atoms with Gasteiger partial charge in [0.15, 0.2) is 5.60 Å². The first-order valence-corrected chi connectivity index (χ1v) is 9.01. The summed E-state index contributed by atoms with van der Waals surface area (Å²) in [5.74, 6) is 1.07. The molecule has 0 bridgehead atoms. The smallest absolute Gasteiger partial charge is 0.330 e. The number of rotatable bonds is 2. The number of allylic oxidation sites excluding steroid dienone is 1. The van der Waals surface area contributed by atoms with Crippen molar-refractivity contribution in [1.82, 2.24) is 0 Å². The van der Waals surface area contributed by atoms with Crippen molar-refractivity contribution in [3.05, 3.63) is 23.5 Å². The summed E-state index contributed by atoms with van der Waals surface area (Å²) in [6.07, 6.45) is 8.37. The maximum atomic E-state index is 12.2. The van der Waals surface area contributed by atoms with E-state index >= 15 is 0 Å².